The van der Waals surface area contributed by atoms with Crippen LogP contribution in [0.15, 0.2) is 10.6 Å². The first-order chi connectivity index (χ1) is 4.31. The van der Waals surface area contributed by atoms with Crippen LogP contribution in [-0.4, -0.2) is 0 Å². The molecular formula is C8H11Br. The summed E-state index contributed by atoms with van der Waals surface area (Å²) in [5.41, 5.74) is 0. The Balaban J connectivity index is 3.35. The zero-order valence-electron chi connectivity index (χ0n) is 5.65. The van der Waals surface area contributed by atoms with Crippen molar-refractivity contribution in [2.75, 3.05) is 0 Å². The van der Waals surface area contributed by atoms with Crippen molar-refractivity contribution in [2.45, 2.75) is 26.2 Å². The van der Waals surface area contributed by atoms with Crippen molar-refractivity contribution >= 4 is 15.9 Å². The van der Waals surface area contributed by atoms with Gasteiger partial charge in [0.15, 0.2) is 0 Å². The highest BCUT2D eigenvalue weighted by atomic mass is 79.9. The van der Waals surface area contributed by atoms with Gasteiger partial charge in [-0.3, -0.25) is 0 Å². The number of halogens is 1. The molecule has 1 heteroatoms. The number of hydrogen-bond donors (Lipinski definition) is 0. The summed E-state index contributed by atoms with van der Waals surface area (Å²) in [4.78, 5) is 0. The van der Waals surface area contributed by atoms with Crippen LogP contribution in [0.4, 0.5) is 0 Å². The average molecular weight is 187 g/mol. The highest BCUT2D eigenvalue weighted by molar-refractivity contribution is 9.12. The Kier molecular flexibility index (Phi) is 5.76. The number of allylic oxidation sites excluding steroid dienone is 2. The van der Waals surface area contributed by atoms with Gasteiger partial charge in [0.2, 0.25) is 0 Å². The molecule has 0 aromatic carbocycles. The summed E-state index contributed by atoms with van der Waals surface area (Å²) in [6.45, 7) is 2.16. The summed E-state index contributed by atoms with van der Waals surface area (Å²) in [5.74, 6) is 2.50. The molecule has 0 atom stereocenters. The Morgan fingerprint density at radius 2 is 2.44 bits per heavy atom. The average Bonchev–Trinajstić information content (AvgIpc) is 1.89. The minimum atomic E-state index is 0.871. The van der Waals surface area contributed by atoms with Gasteiger partial charge in [-0.25, -0.2) is 0 Å². The molecule has 0 spiro atoms. The van der Waals surface area contributed by atoms with E-state index < -0.39 is 0 Å². The van der Waals surface area contributed by atoms with E-state index in [1.54, 1.807) is 0 Å². The van der Waals surface area contributed by atoms with E-state index in [0.717, 1.165) is 10.9 Å². The lowest BCUT2D eigenvalue weighted by molar-refractivity contribution is 0.814. The van der Waals surface area contributed by atoms with Crippen molar-refractivity contribution in [3.8, 4) is 12.3 Å². The van der Waals surface area contributed by atoms with Gasteiger partial charge < -0.3 is 0 Å². The van der Waals surface area contributed by atoms with Crippen LogP contribution in [0.5, 0.6) is 0 Å². The van der Waals surface area contributed by atoms with E-state index in [0.29, 0.717) is 0 Å². The lowest BCUT2D eigenvalue weighted by Gasteiger charge is -1.87. The largest absolute Gasteiger partial charge is 0.114 e. The summed E-state index contributed by atoms with van der Waals surface area (Å²) in [7, 11) is 0. The molecule has 0 amide bonds. The summed E-state index contributed by atoms with van der Waals surface area (Å²) >= 11 is 3.23. The third-order valence-electron chi connectivity index (χ3n) is 1.02. The van der Waals surface area contributed by atoms with Crippen LogP contribution in [0.3, 0.4) is 0 Å². The van der Waals surface area contributed by atoms with E-state index in [4.69, 9.17) is 6.42 Å². The topological polar surface area (TPSA) is 0 Å². The minimum Gasteiger partial charge on any atom is -0.114 e. The smallest absolute Gasteiger partial charge is 0.0631 e. The zero-order chi connectivity index (χ0) is 7.11. The summed E-state index contributed by atoms with van der Waals surface area (Å²) in [5, 5.41) is 0. The Morgan fingerprint density at radius 1 is 1.78 bits per heavy atom. The van der Waals surface area contributed by atoms with Crippen LogP contribution in [0.1, 0.15) is 26.2 Å². The van der Waals surface area contributed by atoms with Crippen LogP contribution < -0.4 is 0 Å². The normalized spacial score (nSPS) is 11.0. The molecule has 0 aromatic heterocycles. The second-order valence-electron chi connectivity index (χ2n) is 1.84. The molecule has 0 aliphatic rings. The summed E-state index contributed by atoms with van der Waals surface area (Å²) in [6, 6.07) is 0. The number of rotatable bonds is 3. The number of hydrogen-bond acceptors (Lipinski definition) is 0. The summed E-state index contributed by atoms with van der Waals surface area (Å²) in [6.07, 6.45) is 10.6. The van der Waals surface area contributed by atoms with Gasteiger partial charge in [0.25, 0.3) is 0 Å². The molecular weight excluding hydrogens is 176 g/mol. The van der Waals surface area contributed by atoms with Crippen LogP contribution >= 0.6 is 15.9 Å². The molecule has 0 aliphatic carbocycles. The molecule has 0 aliphatic heterocycles. The molecule has 0 saturated heterocycles. The maximum absolute atomic E-state index is 5.09. The van der Waals surface area contributed by atoms with Crippen molar-refractivity contribution in [1.29, 1.82) is 0 Å². The lowest BCUT2D eigenvalue weighted by atomic mass is 10.2. The molecule has 0 aromatic rings. The molecule has 0 saturated carbocycles. The molecule has 0 unspecified atom stereocenters. The van der Waals surface area contributed by atoms with Gasteiger partial charge in [-0.05, 0) is 22.4 Å². The van der Waals surface area contributed by atoms with Gasteiger partial charge in [-0.1, -0.05) is 31.8 Å². The lowest BCUT2D eigenvalue weighted by Crippen LogP contribution is -1.68. The first-order valence-electron chi connectivity index (χ1n) is 3.13. The van der Waals surface area contributed by atoms with Crippen LogP contribution in [0.25, 0.3) is 0 Å². The van der Waals surface area contributed by atoms with Gasteiger partial charge in [-0.2, -0.15) is 0 Å². The highest BCUT2D eigenvalue weighted by Crippen LogP contribution is 2.05. The third-order valence-corrected chi connectivity index (χ3v) is 1.57. The predicted octanol–water partition coefficient (Wildman–Crippen LogP) is 3.09. The van der Waals surface area contributed by atoms with E-state index in [2.05, 4.69) is 28.8 Å². The van der Waals surface area contributed by atoms with Gasteiger partial charge >= 0.3 is 0 Å². The Morgan fingerprint density at radius 3 is 2.89 bits per heavy atom. The standard InChI is InChI=1S/C8H11Br/c1-3-5-6-7-8(9)4-2/h2,7H,3,5-6H2,1H3/b8-7-. The molecule has 0 heterocycles. The first kappa shape index (κ1) is 8.78. The quantitative estimate of drug-likeness (QED) is 0.470. The predicted molar refractivity (Wildman–Crippen MR) is 45.4 cm³/mol. The van der Waals surface area contributed by atoms with Crippen LogP contribution in [0, 0.1) is 12.3 Å². The maximum Gasteiger partial charge on any atom is 0.0631 e. The molecule has 50 valence electrons. The molecule has 0 bridgehead atoms. The first-order valence-corrected chi connectivity index (χ1v) is 3.92. The molecule has 0 nitrogen and oxygen atoms in total. The number of terminal acetylenes is 1. The second-order valence-corrected chi connectivity index (χ2v) is 2.69. The van der Waals surface area contributed by atoms with E-state index in [1.165, 1.54) is 12.8 Å². The van der Waals surface area contributed by atoms with Gasteiger partial charge in [0.1, 0.15) is 0 Å². The molecule has 0 radical (unpaired) electrons. The zero-order valence-corrected chi connectivity index (χ0v) is 7.24. The van der Waals surface area contributed by atoms with Crippen molar-refractivity contribution in [3.63, 3.8) is 0 Å². The molecule has 0 fully saturated rings. The van der Waals surface area contributed by atoms with E-state index in [9.17, 15) is 0 Å². The molecule has 0 rings (SSSR count). The van der Waals surface area contributed by atoms with Gasteiger partial charge in [0.05, 0.1) is 4.48 Å². The van der Waals surface area contributed by atoms with Crippen molar-refractivity contribution in [1.82, 2.24) is 0 Å². The Bertz CT molecular complexity index is 128. The Hall–Kier alpha value is -0.220. The van der Waals surface area contributed by atoms with Crippen molar-refractivity contribution in [3.05, 3.63) is 10.6 Å². The van der Waals surface area contributed by atoms with Gasteiger partial charge in [-0.15, -0.1) is 6.42 Å². The van der Waals surface area contributed by atoms with Gasteiger partial charge in [0, 0.05) is 0 Å². The van der Waals surface area contributed by atoms with E-state index in [1.807, 2.05) is 6.08 Å². The SMILES string of the molecule is C#C/C(Br)=C/CCCC. The molecule has 0 N–H and O–H groups in total. The fraction of sp³-hybridized carbons (Fsp3) is 0.500. The van der Waals surface area contributed by atoms with Crippen molar-refractivity contribution < 1.29 is 0 Å². The third kappa shape index (κ3) is 5.65. The van der Waals surface area contributed by atoms with E-state index >= 15 is 0 Å². The minimum absolute atomic E-state index is 0.871. The fourth-order valence-corrected chi connectivity index (χ4v) is 0.721. The van der Waals surface area contributed by atoms with Crippen LogP contribution in [-0.2, 0) is 0 Å². The monoisotopic (exact) mass is 186 g/mol. The van der Waals surface area contributed by atoms with Crippen LogP contribution in [0.2, 0.25) is 0 Å². The van der Waals surface area contributed by atoms with E-state index in [-0.39, 0.29) is 0 Å². The molecule has 9 heavy (non-hydrogen) atoms. The maximum atomic E-state index is 5.09. The highest BCUT2D eigenvalue weighted by Gasteiger charge is 1.81. The summed E-state index contributed by atoms with van der Waals surface area (Å²) < 4.78 is 0.871. The Labute approximate surface area is 65.5 Å². The fourth-order valence-electron chi connectivity index (χ4n) is 0.492. The number of unbranched alkanes of at least 4 members (excludes halogenated alkanes) is 2. The second kappa shape index (κ2) is 5.91. The van der Waals surface area contributed by atoms with Crippen molar-refractivity contribution in [2.24, 2.45) is 0 Å².